The Morgan fingerprint density at radius 3 is 0.968 bits per heavy atom. The van der Waals surface area contributed by atoms with Gasteiger partial charge >= 0.3 is 12.1 Å². The van der Waals surface area contributed by atoms with E-state index in [1.54, 1.807) is 0 Å². The highest BCUT2D eigenvalue weighted by Crippen LogP contribution is 2.34. The lowest BCUT2D eigenvalue weighted by Crippen LogP contribution is -2.51. The number of nitrogens with zero attached hydrogens (tertiary/aromatic N) is 1. The topological polar surface area (TPSA) is 330 Å². The smallest absolute Gasteiger partial charge is 0.315 e. The van der Waals surface area contributed by atoms with Crippen molar-refractivity contribution in [2.24, 2.45) is 32.5 Å². The van der Waals surface area contributed by atoms with Crippen molar-refractivity contribution in [3.05, 3.63) is 0 Å². The van der Waals surface area contributed by atoms with E-state index in [0.717, 1.165) is 57.8 Å². The van der Waals surface area contributed by atoms with Crippen molar-refractivity contribution < 1.29 is 90.4 Å². The molecule has 0 aliphatic rings. The first-order valence-electron chi connectivity index (χ1n) is 47.1. The molecule has 0 aromatic rings. The van der Waals surface area contributed by atoms with E-state index < -0.39 is 44.3 Å². The Morgan fingerprint density at radius 2 is 0.637 bits per heavy atom. The first-order chi connectivity index (χ1) is 57.5. The monoisotopic (exact) mass is 1770 g/mol. The van der Waals surface area contributed by atoms with E-state index in [1.165, 1.54) is 12.8 Å². The van der Waals surface area contributed by atoms with Gasteiger partial charge in [0.2, 0.25) is 30.9 Å². The van der Waals surface area contributed by atoms with Gasteiger partial charge in [-0.2, -0.15) is 0 Å². The van der Waals surface area contributed by atoms with Gasteiger partial charge in [0.25, 0.3) is 0 Å². The van der Waals surface area contributed by atoms with Crippen LogP contribution in [0.3, 0.4) is 0 Å². The Bertz CT molecular complexity index is 2860. The highest BCUT2D eigenvalue weighted by Gasteiger charge is 2.36. The van der Waals surface area contributed by atoms with Gasteiger partial charge in [-0.3, -0.25) is 24.0 Å². The predicted octanol–water partition coefficient (Wildman–Crippen LogP) is 15.2. The number of hydrogen-bond acceptors (Lipinski definition) is 19. The zero-order valence-electron chi connectivity index (χ0n) is 84.2. The molecule has 0 heterocycles. The molecular weight excluding hydrogens is 1580 g/mol. The number of ether oxygens (including phenoxy) is 12. The molecule has 0 aromatic carbocycles. The third-order valence-electron chi connectivity index (χ3n) is 21.8. The van der Waals surface area contributed by atoms with E-state index in [1.807, 2.05) is 116 Å². The van der Waals surface area contributed by atoms with Crippen LogP contribution in [0.15, 0.2) is 0 Å². The first kappa shape index (κ1) is 119. The average Bonchev–Trinajstić information content (AvgIpc) is 1.72. The predicted molar refractivity (Wildman–Crippen MR) is 501 cm³/mol. The maximum atomic E-state index is 13.9. The summed E-state index contributed by atoms with van der Waals surface area (Å²) in [5, 5.41) is 24.3. The largest absolute Gasteiger partial charge is 0.379 e. The Labute approximate surface area is 755 Å². The standard InChI is InChI=1S/C95H188BN9O19/c1-29-31-33-35-76(36-34-32-30-2)96-81(110)105(52-58-116-62-66-120-70-68-118-64-60-114-54-38-78(107)98-48-42-95(27,28)124-75-89(15,16)80(109)100-50-44-93(23,24)122-56-46-91(19,20)104-83(112)102-73-87(11,12)71-85(6,7)8)51-57-115-61-65-119-69-67-117-63-59-113-53-37-77(106)97-47-41-94(25,26)123-74-88(13,14)79(108)99-49-43-92(21,22)121-55-45-90(17,18)103-82(111)101-72-86(9,10)40-39-84(3,4)5/h76,96H,29-75H2,1-28H3,(H,97,106)(H,98,107)(H,99,108)(H,100,109)(H2,101,103,111)(H2,102,104,112). The Morgan fingerprint density at radius 1 is 0.323 bits per heavy atom. The molecule has 9 amide bonds. The second-order valence-electron chi connectivity index (χ2n) is 43.1. The SMILES string of the molecule is CCCCCC(BC(=O)N(CCOCCOCCOCCOCCC(=O)NCCC(C)(C)OCC(C)(C)C(=O)NCCC(C)(C)OCCC(C)(C)NC(=O)NCC(C)(C)CCC(C)(C)C)CCOCCOCCOCCOCCC(=O)NCCC(C)(C)OCC(C)(C)C(=O)NCCC(C)(C)OCCC(C)(C)NC(=O)NCC(C)(C)CC(C)(C)C)CCCCC. The van der Waals surface area contributed by atoms with Crippen LogP contribution >= 0.6 is 0 Å². The van der Waals surface area contributed by atoms with Crippen LogP contribution in [0.1, 0.15) is 316 Å². The van der Waals surface area contributed by atoms with Crippen molar-refractivity contribution in [2.75, 3.05) is 184 Å². The third kappa shape index (κ3) is 68.6. The zero-order chi connectivity index (χ0) is 94.3. The Kier molecular flexibility index (Phi) is 59.7. The van der Waals surface area contributed by atoms with Gasteiger partial charge in [0.1, 0.15) is 0 Å². The lowest BCUT2D eigenvalue weighted by Gasteiger charge is -2.34. The molecule has 8 N–H and O–H groups in total. The van der Waals surface area contributed by atoms with Crippen molar-refractivity contribution in [3.63, 3.8) is 0 Å². The molecule has 0 saturated carbocycles. The second kappa shape index (κ2) is 61.9. The van der Waals surface area contributed by atoms with Crippen LogP contribution in [-0.4, -0.2) is 272 Å². The number of rotatable bonds is 77. The van der Waals surface area contributed by atoms with Crippen LogP contribution in [0.4, 0.5) is 14.4 Å². The van der Waals surface area contributed by atoms with E-state index in [0.29, 0.717) is 210 Å². The molecule has 0 aliphatic carbocycles. The fourth-order valence-electron chi connectivity index (χ4n) is 13.4. The van der Waals surface area contributed by atoms with E-state index >= 15 is 0 Å². The summed E-state index contributed by atoms with van der Waals surface area (Å²) in [4.78, 5) is 93.3. The summed E-state index contributed by atoms with van der Waals surface area (Å²) in [6.07, 6.45) is 16.1. The molecule has 0 saturated heterocycles. The van der Waals surface area contributed by atoms with Crippen LogP contribution in [0.2, 0.25) is 5.82 Å². The van der Waals surface area contributed by atoms with E-state index in [4.69, 9.17) is 56.8 Å². The van der Waals surface area contributed by atoms with Gasteiger partial charge in [0.15, 0.2) is 5.81 Å². The summed E-state index contributed by atoms with van der Waals surface area (Å²) in [7, 11) is 0.518. The summed E-state index contributed by atoms with van der Waals surface area (Å²) in [6, 6.07) is -0.367. The van der Waals surface area contributed by atoms with Crippen LogP contribution in [0.5, 0.6) is 0 Å². The fraction of sp³-hybridized carbons (Fsp3) is 0.926. The molecule has 28 nitrogen and oxygen atoms in total. The minimum Gasteiger partial charge on any atom is -0.379 e. The molecule has 0 radical (unpaired) electrons. The number of urea groups is 2. The molecule has 0 fully saturated rings. The third-order valence-corrected chi connectivity index (χ3v) is 21.8. The van der Waals surface area contributed by atoms with Crippen LogP contribution in [0.25, 0.3) is 0 Å². The van der Waals surface area contributed by atoms with Crippen LogP contribution in [-0.2, 0) is 76.0 Å². The maximum absolute atomic E-state index is 13.9. The molecule has 29 heteroatoms. The van der Waals surface area contributed by atoms with Crippen molar-refractivity contribution in [2.45, 2.75) is 355 Å². The van der Waals surface area contributed by atoms with Crippen molar-refractivity contribution in [3.8, 4) is 0 Å². The van der Waals surface area contributed by atoms with Gasteiger partial charge in [-0.25, -0.2) is 9.59 Å². The molecular formula is C95H188BN9O19. The van der Waals surface area contributed by atoms with Crippen LogP contribution in [0, 0.1) is 32.5 Å². The molecule has 0 bridgehead atoms. The number of carbonyl (C=O) groups is 7. The van der Waals surface area contributed by atoms with Crippen molar-refractivity contribution in [1.29, 1.82) is 0 Å². The number of hydrogen-bond donors (Lipinski definition) is 8. The normalized spacial score (nSPS) is 13.1. The number of nitrogens with one attached hydrogen (secondary N) is 8. The number of carbonyl (C=O) groups excluding carboxylic acids is 7. The summed E-state index contributed by atoms with van der Waals surface area (Å²) >= 11 is 0. The number of unbranched alkanes of at least 4 members (excludes halogenated alkanes) is 4. The van der Waals surface area contributed by atoms with Gasteiger partial charge in [-0.15, -0.1) is 0 Å². The lowest BCUT2D eigenvalue weighted by atomic mass is 9.59. The molecule has 0 aromatic heterocycles. The van der Waals surface area contributed by atoms with Crippen molar-refractivity contribution in [1.82, 2.24) is 47.4 Å². The average molecular weight is 1770 g/mol. The van der Waals surface area contributed by atoms with E-state index in [9.17, 15) is 33.6 Å². The van der Waals surface area contributed by atoms with Crippen LogP contribution < -0.4 is 42.5 Å². The molecule has 0 atom stereocenters. The van der Waals surface area contributed by atoms with E-state index in [-0.39, 0.29) is 102 Å². The molecule has 730 valence electrons. The fourth-order valence-corrected chi connectivity index (χ4v) is 13.4. The molecule has 0 unspecified atom stereocenters. The number of amides is 9. The van der Waals surface area contributed by atoms with Gasteiger partial charge in [-0.1, -0.05) is 140 Å². The maximum Gasteiger partial charge on any atom is 0.315 e. The zero-order valence-corrected chi connectivity index (χ0v) is 84.2. The highest BCUT2D eigenvalue weighted by molar-refractivity contribution is 6.74. The van der Waals surface area contributed by atoms with E-state index in [2.05, 4.69) is 126 Å². The molecule has 0 rings (SSSR count). The lowest BCUT2D eigenvalue weighted by molar-refractivity contribution is -0.138. The van der Waals surface area contributed by atoms with Crippen molar-refractivity contribution >= 4 is 48.8 Å². The Hall–Kier alpha value is -4.53. The van der Waals surface area contributed by atoms with Gasteiger partial charge in [0.05, 0.1) is 152 Å². The molecule has 0 spiro atoms. The highest BCUT2D eigenvalue weighted by atomic mass is 16.6. The molecule has 124 heavy (non-hydrogen) atoms. The minimum atomic E-state index is -0.794. The summed E-state index contributed by atoms with van der Waals surface area (Å²) < 4.78 is 71.0. The first-order valence-corrected chi connectivity index (χ1v) is 47.1. The Balaban J connectivity index is 4.52. The van der Waals surface area contributed by atoms with Gasteiger partial charge in [0, 0.05) is 89.5 Å². The molecule has 0 aliphatic heterocycles. The summed E-state index contributed by atoms with van der Waals surface area (Å²) in [5.74, 6) is -0.00779. The second-order valence-corrected chi connectivity index (χ2v) is 43.1. The van der Waals surface area contributed by atoms with Gasteiger partial charge in [-0.05, 0) is 190 Å². The minimum absolute atomic E-state index is 0.00286. The quantitative estimate of drug-likeness (QED) is 0.0207. The summed E-state index contributed by atoms with van der Waals surface area (Å²) in [6.45, 7) is 68.4. The summed E-state index contributed by atoms with van der Waals surface area (Å²) in [5.41, 5.74) is -4.32. The van der Waals surface area contributed by atoms with Gasteiger partial charge < -0.3 is 104 Å².